The van der Waals surface area contributed by atoms with E-state index in [2.05, 4.69) is 20.9 Å². The molecule has 4 atom stereocenters. The van der Waals surface area contributed by atoms with Crippen LogP contribution < -0.4 is 38.9 Å². The van der Waals surface area contributed by atoms with E-state index in [4.69, 9.17) is 22.9 Å². The summed E-state index contributed by atoms with van der Waals surface area (Å²) in [5.74, 6) is -2.60. The molecule has 0 unspecified atom stereocenters. The van der Waals surface area contributed by atoms with Crippen molar-refractivity contribution in [3.63, 3.8) is 0 Å². The maximum Gasteiger partial charge on any atom is 0.243 e. The minimum absolute atomic E-state index is 0. The molecule has 13 nitrogen and oxygen atoms in total. The highest BCUT2D eigenvalue weighted by atomic mass is 35.5. The Morgan fingerprint density at radius 2 is 1.11 bits per heavy atom. The second-order valence-electron chi connectivity index (χ2n) is 10.9. The van der Waals surface area contributed by atoms with Crippen LogP contribution >= 0.6 is 12.4 Å². The lowest BCUT2D eigenvalue weighted by Gasteiger charge is -2.25. The Labute approximate surface area is 280 Å². The first kappa shape index (κ1) is 38.0. The van der Waals surface area contributed by atoms with E-state index < -0.39 is 47.8 Å². The topological polar surface area (TPSA) is 241 Å². The third-order valence-corrected chi connectivity index (χ3v) is 7.17. The maximum atomic E-state index is 13.7. The molecule has 4 amide bonds. The lowest BCUT2D eigenvalue weighted by atomic mass is 10.0. The van der Waals surface area contributed by atoms with Gasteiger partial charge in [-0.2, -0.15) is 0 Å². The van der Waals surface area contributed by atoms with Gasteiger partial charge < -0.3 is 44.0 Å². The number of nitrogens with zero attached hydrogens (tertiary/aromatic N) is 1. The van der Waals surface area contributed by atoms with Crippen molar-refractivity contribution in [3.05, 3.63) is 102 Å². The van der Waals surface area contributed by atoms with Crippen molar-refractivity contribution in [1.29, 1.82) is 0 Å². The van der Waals surface area contributed by atoms with Crippen LogP contribution in [0.1, 0.15) is 29.5 Å². The van der Waals surface area contributed by atoms with Gasteiger partial charge in [-0.3, -0.25) is 24.2 Å². The fraction of sp³-hybridized carbons (Fsp3) is 0.303. The number of nitrogens with one attached hydrogen (secondary N) is 3. The van der Waals surface area contributed by atoms with E-state index in [-0.39, 0.29) is 56.3 Å². The van der Waals surface area contributed by atoms with E-state index in [1.807, 2.05) is 36.4 Å². The van der Waals surface area contributed by atoms with Gasteiger partial charge in [0.15, 0.2) is 5.96 Å². The van der Waals surface area contributed by atoms with Gasteiger partial charge in [0.1, 0.15) is 23.9 Å². The molecule has 252 valence electrons. The number of guanidine groups is 1. The van der Waals surface area contributed by atoms with Gasteiger partial charge >= 0.3 is 0 Å². The van der Waals surface area contributed by atoms with Gasteiger partial charge in [0.25, 0.3) is 0 Å². The normalized spacial score (nSPS) is 13.0. The lowest BCUT2D eigenvalue weighted by Crippen LogP contribution is -2.58. The van der Waals surface area contributed by atoms with E-state index >= 15 is 0 Å². The number of rotatable bonds is 17. The number of aromatic hydroxyl groups is 1. The minimum Gasteiger partial charge on any atom is -0.508 e. The molecule has 0 aliphatic carbocycles. The van der Waals surface area contributed by atoms with Crippen LogP contribution in [0.25, 0.3) is 0 Å². The molecule has 0 saturated heterocycles. The van der Waals surface area contributed by atoms with Gasteiger partial charge in [-0.1, -0.05) is 72.8 Å². The molecule has 0 fully saturated rings. The molecule has 0 heterocycles. The van der Waals surface area contributed by atoms with Crippen LogP contribution in [-0.2, 0) is 38.4 Å². The first-order chi connectivity index (χ1) is 22.0. The largest absolute Gasteiger partial charge is 0.508 e. The van der Waals surface area contributed by atoms with Gasteiger partial charge in [0.2, 0.25) is 23.6 Å². The Balaban J connectivity index is 0.00000768. The van der Waals surface area contributed by atoms with Crippen LogP contribution in [-0.4, -0.2) is 65.4 Å². The summed E-state index contributed by atoms with van der Waals surface area (Å²) < 4.78 is 0. The molecule has 47 heavy (non-hydrogen) atoms. The third kappa shape index (κ3) is 13.4. The number of nitrogens with two attached hydrogens (primary N) is 4. The number of carbonyl (C=O) groups is 4. The summed E-state index contributed by atoms with van der Waals surface area (Å²) >= 11 is 0. The number of benzene rings is 3. The molecular weight excluding hydrogens is 624 g/mol. The number of aliphatic imine (C=N–C) groups is 1. The van der Waals surface area contributed by atoms with Crippen molar-refractivity contribution >= 4 is 42.0 Å². The van der Waals surface area contributed by atoms with Gasteiger partial charge in [0, 0.05) is 19.4 Å². The summed E-state index contributed by atoms with van der Waals surface area (Å²) in [6, 6.07) is 20.1. The third-order valence-electron chi connectivity index (χ3n) is 7.17. The molecule has 0 aliphatic rings. The highest BCUT2D eigenvalue weighted by Crippen LogP contribution is 2.12. The molecule has 3 aromatic carbocycles. The van der Waals surface area contributed by atoms with Crippen LogP contribution in [0.15, 0.2) is 89.9 Å². The number of hydrogen-bond donors (Lipinski definition) is 8. The quantitative estimate of drug-likeness (QED) is 0.0559. The summed E-state index contributed by atoms with van der Waals surface area (Å²) in [6.07, 6.45) is 0.891. The van der Waals surface area contributed by atoms with Gasteiger partial charge in [0.05, 0.1) is 6.04 Å². The van der Waals surface area contributed by atoms with Crippen LogP contribution in [0.4, 0.5) is 0 Å². The molecular formula is C33H43ClN8O5. The molecule has 3 aromatic rings. The van der Waals surface area contributed by atoms with E-state index in [1.54, 1.807) is 36.4 Å². The number of hydrogen-bond acceptors (Lipinski definition) is 7. The highest BCUT2D eigenvalue weighted by Gasteiger charge is 2.30. The van der Waals surface area contributed by atoms with Crippen LogP contribution in [0.2, 0.25) is 0 Å². The van der Waals surface area contributed by atoms with Gasteiger partial charge in [-0.05, 0) is 48.1 Å². The predicted molar refractivity (Wildman–Crippen MR) is 182 cm³/mol. The number of amides is 4. The second-order valence-corrected chi connectivity index (χ2v) is 10.9. The minimum atomic E-state index is -1.12. The summed E-state index contributed by atoms with van der Waals surface area (Å²) in [6.45, 7) is 0.204. The zero-order chi connectivity index (χ0) is 33.5. The zero-order valence-corrected chi connectivity index (χ0v) is 26.7. The molecule has 12 N–H and O–H groups in total. The average Bonchev–Trinajstić information content (AvgIpc) is 3.03. The summed E-state index contributed by atoms with van der Waals surface area (Å²) in [5, 5.41) is 17.7. The van der Waals surface area contributed by atoms with Crippen molar-refractivity contribution in [2.24, 2.45) is 27.9 Å². The number of primary amides is 1. The zero-order valence-electron chi connectivity index (χ0n) is 25.9. The molecule has 0 aliphatic heterocycles. The summed E-state index contributed by atoms with van der Waals surface area (Å²) in [5.41, 5.74) is 24.9. The molecule has 0 radical (unpaired) electrons. The molecule has 3 rings (SSSR count). The predicted octanol–water partition coefficient (Wildman–Crippen LogP) is 0.163. The maximum absolute atomic E-state index is 13.7. The molecule has 0 aromatic heterocycles. The van der Waals surface area contributed by atoms with Gasteiger partial charge in [-0.15, -0.1) is 12.4 Å². The SMILES string of the molecule is Cl.NC(=O)[C@H](Cc1ccccc1)NC(=O)[C@H](Cc1ccccc1)NC(=O)[C@@H](CCCN=C(N)N)NC(=O)[C@@H](N)Cc1ccc(O)cc1. The Kier molecular flexibility index (Phi) is 15.7. The van der Waals surface area contributed by atoms with Crippen LogP contribution in [0, 0.1) is 0 Å². The number of carbonyl (C=O) groups excluding carboxylic acids is 4. The van der Waals surface area contributed by atoms with Gasteiger partial charge in [-0.25, -0.2) is 0 Å². The van der Waals surface area contributed by atoms with Crippen molar-refractivity contribution in [2.45, 2.75) is 56.3 Å². The summed E-state index contributed by atoms with van der Waals surface area (Å²) in [4.78, 5) is 56.6. The molecule has 0 bridgehead atoms. The first-order valence-electron chi connectivity index (χ1n) is 14.9. The van der Waals surface area contributed by atoms with E-state index in [9.17, 15) is 24.3 Å². The van der Waals surface area contributed by atoms with E-state index in [0.717, 1.165) is 11.1 Å². The van der Waals surface area contributed by atoms with Crippen molar-refractivity contribution < 1.29 is 24.3 Å². The smallest absolute Gasteiger partial charge is 0.243 e. The van der Waals surface area contributed by atoms with Crippen molar-refractivity contribution in [2.75, 3.05) is 6.54 Å². The molecule has 0 saturated carbocycles. The average molecular weight is 667 g/mol. The van der Waals surface area contributed by atoms with Crippen LogP contribution in [0.5, 0.6) is 5.75 Å². The van der Waals surface area contributed by atoms with E-state index in [1.165, 1.54) is 12.1 Å². The Morgan fingerprint density at radius 1 is 0.638 bits per heavy atom. The first-order valence-corrected chi connectivity index (χ1v) is 14.9. The lowest BCUT2D eigenvalue weighted by molar-refractivity contribution is -0.133. The Morgan fingerprint density at radius 3 is 1.64 bits per heavy atom. The number of phenols is 1. The van der Waals surface area contributed by atoms with Crippen LogP contribution in [0.3, 0.4) is 0 Å². The molecule has 14 heteroatoms. The second kappa shape index (κ2) is 19.4. The van der Waals surface area contributed by atoms with Crippen molar-refractivity contribution in [3.8, 4) is 5.75 Å². The Bertz CT molecular complexity index is 1470. The highest BCUT2D eigenvalue weighted by molar-refractivity contribution is 5.94. The fourth-order valence-corrected chi connectivity index (χ4v) is 4.71. The van der Waals surface area contributed by atoms with E-state index in [0.29, 0.717) is 12.0 Å². The summed E-state index contributed by atoms with van der Waals surface area (Å²) in [7, 11) is 0. The molecule has 0 spiro atoms. The number of phenolic OH excluding ortho intramolecular Hbond substituents is 1. The standard InChI is InChI=1S/C33H42N8O5.ClH/c34-25(18-23-13-15-24(42)16-14-23)30(44)39-26(12-7-17-38-33(36)37)31(45)41-28(20-22-10-5-2-6-11-22)32(46)40-27(29(35)43)19-21-8-3-1-4-9-21;/h1-6,8-11,13-16,25-28,42H,7,12,17-20,34H2,(H2,35,43)(H,39,44)(H,40,46)(H,41,45)(H4,36,37,38);1H/t25-,26+,27-,28-;/m0./s1. The number of halogens is 1. The fourth-order valence-electron chi connectivity index (χ4n) is 4.71. The Hall–Kier alpha value is -5.14. The van der Waals surface area contributed by atoms with Crippen molar-refractivity contribution in [1.82, 2.24) is 16.0 Å². The monoisotopic (exact) mass is 666 g/mol.